The van der Waals surface area contributed by atoms with Gasteiger partial charge in [-0.25, -0.2) is 0 Å². The Morgan fingerprint density at radius 2 is 1.86 bits per heavy atom. The summed E-state index contributed by atoms with van der Waals surface area (Å²) in [5, 5.41) is 20.1. The zero-order chi connectivity index (χ0) is 20.4. The number of carbonyl (C=O) groups excluding carboxylic acids is 1. The third-order valence-electron chi connectivity index (χ3n) is 4.09. The summed E-state index contributed by atoms with van der Waals surface area (Å²) in [4.78, 5) is 13.0. The molecule has 0 saturated carbocycles. The number of anilines is 1. The summed E-state index contributed by atoms with van der Waals surface area (Å²) in [7, 11) is 0. The number of amides is 1. The smallest absolute Gasteiger partial charge is 0.257 e. The molecule has 0 unspecified atom stereocenters. The highest BCUT2D eigenvalue weighted by atomic mass is 35.5. The molecule has 1 amide bonds. The van der Waals surface area contributed by atoms with Crippen molar-refractivity contribution in [1.82, 2.24) is 25.1 Å². The van der Waals surface area contributed by atoms with Crippen LogP contribution in [0.5, 0.6) is 0 Å². The summed E-state index contributed by atoms with van der Waals surface area (Å²) >= 11 is 12.5. The highest BCUT2D eigenvalue weighted by molar-refractivity contribution is 7.80. The molecule has 2 heterocycles. The fourth-order valence-corrected chi connectivity index (χ4v) is 3.83. The van der Waals surface area contributed by atoms with Crippen LogP contribution < -0.4 is 10.6 Å². The van der Waals surface area contributed by atoms with E-state index in [9.17, 15) is 4.79 Å². The lowest BCUT2D eigenvalue weighted by atomic mass is 10.2. The third-order valence-corrected chi connectivity index (χ3v) is 5.50. The first-order valence-electron chi connectivity index (χ1n) is 8.73. The first kappa shape index (κ1) is 19.4. The van der Waals surface area contributed by atoms with Crippen molar-refractivity contribution in [3.8, 4) is 10.6 Å². The van der Waals surface area contributed by atoms with E-state index in [2.05, 4.69) is 25.9 Å². The summed E-state index contributed by atoms with van der Waals surface area (Å²) in [6.45, 7) is 2.02. The monoisotopic (exact) mass is 442 g/mol. The van der Waals surface area contributed by atoms with Gasteiger partial charge in [0.25, 0.3) is 5.91 Å². The van der Waals surface area contributed by atoms with Crippen LogP contribution >= 0.6 is 35.2 Å². The van der Waals surface area contributed by atoms with Gasteiger partial charge in [-0.2, -0.15) is 9.61 Å². The number of hydrogen-bond acceptors (Lipinski definition) is 6. The topological polar surface area (TPSA) is 84.2 Å². The molecule has 0 aliphatic carbocycles. The molecule has 0 bridgehead atoms. The Morgan fingerprint density at radius 1 is 1.14 bits per heavy atom. The Balaban J connectivity index is 1.42. The second kappa shape index (κ2) is 8.24. The maximum atomic E-state index is 12.2. The molecular formula is C19H15ClN6OS2. The molecule has 0 aliphatic heterocycles. The van der Waals surface area contributed by atoms with Crippen molar-refractivity contribution in [2.24, 2.45) is 0 Å². The van der Waals surface area contributed by atoms with Crippen molar-refractivity contribution in [2.45, 2.75) is 13.3 Å². The van der Waals surface area contributed by atoms with E-state index >= 15 is 0 Å². The summed E-state index contributed by atoms with van der Waals surface area (Å²) in [6.07, 6.45) is 0.770. The largest absolute Gasteiger partial charge is 0.332 e. The number of nitrogens with one attached hydrogen (secondary N) is 2. The molecular weight excluding hydrogens is 428 g/mol. The van der Waals surface area contributed by atoms with Gasteiger partial charge in [0.15, 0.2) is 10.9 Å². The number of benzene rings is 2. The Bertz CT molecular complexity index is 1180. The molecule has 0 saturated heterocycles. The summed E-state index contributed by atoms with van der Waals surface area (Å²) < 4.78 is 1.77. The minimum Gasteiger partial charge on any atom is -0.332 e. The van der Waals surface area contributed by atoms with Crippen LogP contribution in [0.3, 0.4) is 0 Å². The van der Waals surface area contributed by atoms with Crippen LogP contribution in [0.15, 0.2) is 48.5 Å². The standard InChI is InChI=1S/C19H15ClN6OS2/c1-2-15-23-24-19-26(15)25-17(29-19)12-5-9-14(10-6-12)21-18(28)22-16(27)11-3-7-13(20)8-4-11/h3-10H,2H2,1H3,(H2,21,22,27,28). The van der Waals surface area contributed by atoms with Crippen LogP contribution in [0.4, 0.5) is 5.69 Å². The molecule has 7 nitrogen and oxygen atoms in total. The lowest BCUT2D eigenvalue weighted by Gasteiger charge is -2.10. The van der Waals surface area contributed by atoms with E-state index in [-0.39, 0.29) is 11.0 Å². The number of thiocarbonyl (C=S) groups is 1. The predicted molar refractivity (Wildman–Crippen MR) is 119 cm³/mol. The molecule has 29 heavy (non-hydrogen) atoms. The summed E-state index contributed by atoms with van der Waals surface area (Å²) in [5.74, 6) is 0.532. The predicted octanol–water partition coefficient (Wildman–Crippen LogP) is 4.20. The molecule has 2 aromatic heterocycles. The normalized spacial score (nSPS) is 10.8. The lowest BCUT2D eigenvalue weighted by Crippen LogP contribution is -2.34. The van der Waals surface area contributed by atoms with Gasteiger partial charge in [0.1, 0.15) is 5.01 Å². The number of rotatable bonds is 4. The maximum absolute atomic E-state index is 12.2. The summed E-state index contributed by atoms with van der Waals surface area (Å²) in [5.41, 5.74) is 2.19. The van der Waals surface area contributed by atoms with Crippen LogP contribution in [-0.2, 0) is 6.42 Å². The number of nitrogens with zero attached hydrogens (tertiary/aromatic N) is 4. The zero-order valence-electron chi connectivity index (χ0n) is 15.2. The molecule has 0 spiro atoms. The summed E-state index contributed by atoms with van der Waals surface area (Å²) in [6, 6.07) is 14.2. The molecule has 10 heteroatoms. The van der Waals surface area contributed by atoms with E-state index in [1.165, 1.54) is 11.3 Å². The highest BCUT2D eigenvalue weighted by Gasteiger charge is 2.12. The van der Waals surface area contributed by atoms with E-state index in [1.54, 1.807) is 28.8 Å². The van der Waals surface area contributed by atoms with E-state index in [0.29, 0.717) is 10.6 Å². The Morgan fingerprint density at radius 3 is 2.55 bits per heavy atom. The number of halogens is 1. The highest BCUT2D eigenvalue weighted by Crippen LogP contribution is 2.26. The molecule has 2 aromatic carbocycles. The van der Waals surface area contributed by atoms with E-state index in [1.807, 2.05) is 31.2 Å². The van der Waals surface area contributed by atoms with Gasteiger partial charge in [-0.3, -0.25) is 10.1 Å². The van der Waals surface area contributed by atoms with Crippen molar-refractivity contribution < 1.29 is 4.79 Å². The lowest BCUT2D eigenvalue weighted by molar-refractivity contribution is 0.0977. The van der Waals surface area contributed by atoms with Gasteiger partial charge in [-0.05, 0) is 60.7 Å². The fourth-order valence-electron chi connectivity index (χ4n) is 2.63. The van der Waals surface area contributed by atoms with Crippen LogP contribution in [-0.4, -0.2) is 30.8 Å². The third kappa shape index (κ3) is 4.26. The van der Waals surface area contributed by atoms with Gasteiger partial charge in [0.2, 0.25) is 4.96 Å². The first-order valence-corrected chi connectivity index (χ1v) is 10.3. The molecule has 2 N–H and O–H groups in total. The fraction of sp³-hybridized carbons (Fsp3) is 0.105. The van der Waals surface area contributed by atoms with Crippen LogP contribution in [0.2, 0.25) is 5.02 Å². The molecule has 4 aromatic rings. The van der Waals surface area contributed by atoms with Gasteiger partial charge in [-0.15, -0.1) is 10.2 Å². The van der Waals surface area contributed by atoms with Gasteiger partial charge >= 0.3 is 0 Å². The average molecular weight is 443 g/mol. The van der Waals surface area contributed by atoms with E-state index < -0.39 is 0 Å². The second-order valence-corrected chi connectivity index (χ2v) is 7.86. The molecule has 0 fully saturated rings. The van der Waals surface area contributed by atoms with Gasteiger partial charge < -0.3 is 5.32 Å². The first-order chi connectivity index (χ1) is 14.0. The Labute approximate surface area is 180 Å². The van der Waals surface area contributed by atoms with Gasteiger partial charge in [0, 0.05) is 28.3 Å². The average Bonchev–Trinajstić information content (AvgIpc) is 3.29. The van der Waals surface area contributed by atoms with Gasteiger partial charge in [0.05, 0.1) is 0 Å². The van der Waals surface area contributed by atoms with Crippen molar-refractivity contribution in [3.05, 3.63) is 64.9 Å². The number of hydrogen-bond donors (Lipinski definition) is 2. The number of aromatic nitrogens is 4. The van der Waals surface area contributed by atoms with Crippen molar-refractivity contribution in [2.75, 3.05) is 5.32 Å². The Kier molecular flexibility index (Phi) is 5.52. The maximum Gasteiger partial charge on any atom is 0.257 e. The van der Waals surface area contributed by atoms with Gasteiger partial charge in [-0.1, -0.05) is 29.9 Å². The van der Waals surface area contributed by atoms with Crippen LogP contribution in [0.25, 0.3) is 15.5 Å². The number of aryl methyl sites for hydroxylation is 1. The second-order valence-electron chi connectivity index (χ2n) is 6.06. The van der Waals surface area contributed by atoms with E-state index in [0.717, 1.165) is 33.5 Å². The van der Waals surface area contributed by atoms with E-state index in [4.69, 9.17) is 23.8 Å². The minimum atomic E-state index is -0.303. The minimum absolute atomic E-state index is 0.212. The molecule has 0 aliphatic rings. The number of carbonyl (C=O) groups is 1. The molecule has 146 valence electrons. The Hall–Kier alpha value is -2.88. The quantitative estimate of drug-likeness (QED) is 0.461. The van der Waals surface area contributed by atoms with Crippen molar-refractivity contribution >= 4 is 56.8 Å². The number of fused-ring (bicyclic) bond motifs is 1. The van der Waals surface area contributed by atoms with Crippen LogP contribution in [0.1, 0.15) is 23.1 Å². The van der Waals surface area contributed by atoms with Crippen molar-refractivity contribution in [3.63, 3.8) is 0 Å². The molecule has 4 rings (SSSR count). The van der Waals surface area contributed by atoms with Crippen molar-refractivity contribution in [1.29, 1.82) is 0 Å². The zero-order valence-corrected chi connectivity index (χ0v) is 17.6. The molecule has 0 radical (unpaired) electrons. The molecule has 0 atom stereocenters. The van der Waals surface area contributed by atoms with Crippen LogP contribution in [0, 0.1) is 0 Å². The SMILES string of the molecule is CCc1nnc2sc(-c3ccc(NC(=S)NC(=O)c4ccc(Cl)cc4)cc3)nn12.